The van der Waals surface area contributed by atoms with Gasteiger partial charge >= 0.3 is 0 Å². The quantitative estimate of drug-likeness (QED) is 0.835. The predicted molar refractivity (Wildman–Crippen MR) is 88.3 cm³/mol. The van der Waals surface area contributed by atoms with Crippen molar-refractivity contribution in [3.8, 4) is 5.75 Å². The molecule has 4 nitrogen and oxygen atoms in total. The Bertz CT molecular complexity index is 698. The molecule has 0 aliphatic rings. The maximum Gasteiger partial charge on any atom is 0.150 e. The molecular formula is C14H16ClNO3S2. The summed E-state index contributed by atoms with van der Waals surface area (Å²) in [7, 11) is -3.00. The summed E-state index contributed by atoms with van der Waals surface area (Å²) in [6.07, 6.45) is 1.19. The van der Waals surface area contributed by atoms with Crippen LogP contribution in [0.3, 0.4) is 0 Å². The zero-order chi connectivity index (χ0) is 15.3. The number of benzene rings is 1. The molecule has 0 amide bonds. The van der Waals surface area contributed by atoms with Crippen molar-refractivity contribution in [2.24, 2.45) is 0 Å². The minimum Gasteiger partial charge on any atom is -0.492 e. The van der Waals surface area contributed by atoms with Crippen LogP contribution >= 0.6 is 22.9 Å². The summed E-state index contributed by atoms with van der Waals surface area (Å²) in [4.78, 5) is 1.07. The molecule has 2 aromatic rings. The molecule has 1 aromatic heterocycles. The summed E-state index contributed by atoms with van der Waals surface area (Å²) < 4.78 is 27.5. The van der Waals surface area contributed by atoms with Gasteiger partial charge in [-0.2, -0.15) is 0 Å². The standard InChI is InChI=1S/C14H16ClNO3S2/c1-21(17,18)8-6-19-12-4-2-3-11(9-12)16-10-14-13(15)5-7-20-14/h2-5,7,9,16H,6,8,10H2,1H3. The lowest BCUT2D eigenvalue weighted by atomic mass is 10.3. The van der Waals surface area contributed by atoms with Crippen LogP contribution in [0, 0.1) is 0 Å². The average molecular weight is 346 g/mol. The smallest absolute Gasteiger partial charge is 0.150 e. The maximum absolute atomic E-state index is 11.1. The molecule has 0 saturated carbocycles. The number of hydrogen-bond acceptors (Lipinski definition) is 5. The molecule has 0 unspecified atom stereocenters. The van der Waals surface area contributed by atoms with E-state index in [1.165, 1.54) is 6.26 Å². The van der Waals surface area contributed by atoms with Crippen molar-refractivity contribution in [1.82, 2.24) is 0 Å². The van der Waals surface area contributed by atoms with E-state index in [4.69, 9.17) is 16.3 Å². The van der Waals surface area contributed by atoms with Crippen LogP contribution in [0.2, 0.25) is 5.02 Å². The van der Waals surface area contributed by atoms with Crippen LogP contribution in [0.15, 0.2) is 35.7 Å². The van der Waals surface area contributed by atoms with E-state index in [1.54, 1.807) is 17.4 Å². The van der Waals surface area contributed by atoms with Gasteiger partial charge in [0.05, 0.1) is 17.3 Å². The van der Waals surface area contributed by atoms with Gasteiger partial charge < -0.3 is 10.1 Å². The summed E-state index contributed by atoms with van der Waals surface area (Å²) in [5.74, 6) is 0.649. The zero-order valence-electron chi connectivity index (χ0n) is 11.5. The molecule has 0 spiro atoms. The van der Waals surface area contributed by atoms with Crippen LogP contribution in [0.4, 0.5) is 5.69 Å². The van der Waals surface area contributed by atoms with E-state index in [1.807, 2.05) is 29.6 Å². The van der Waals surface area contributed by atoms with Crippen molar-refractivity contribution in [3.63, 3.8) is 0 Å². The van der Waals surface area contributed by atoms with E-state index < -0.39 is 9.84 Å². The number of thiophene rings is 1. The van der Waals surface area contributed by atoms with Crippen molar-refractivity contribution >= 4 is 38.5 Å². The first kappa shape index (κ1) is 16.1. The van der Waals surface area contributed by atoms with Crippen LogP contribution in [0.25, 0.3) is 0 Å². The first-order valence-electron chi connectivity index (χ1n) is 6.30. The lowest BCUT2D eigenvalue weighted by Crippen LogP contribution is -2.12. The zero-order valence-corrected chi connectivity index (χ0v) is 13.9. The predicted octanol–water partition coefficient (Wildman–Crippen LogP) is 3.44. The van der Waals surface area contributed by atoms with Crippen LogP contribution in [0.5, 0.6) is 5.75 Å². The van der Waals surface area contributed by atoms with E-state index in [0.29, 0.717) is 12.3 Å². The molecular weight excluding hydrogens is 330 g/mol. The van der Waals surface area contributed by atoms with Gasteiger partial charge in [-0.05, 0) is 23.6 Å². The van der Waals surface area contributed by atoms with Crippen LogP contribution in [-0.4, -0.2) is 27.0 Å². The SMILES string of the molecule is CS(=O)(=O)CCOc1cccc(NCc2sccc2Cl)c1. The molecule has 1 N–H and O–H groups in total. The number of rotatable bonds is 7. The van der Waals surface area contributed by atoms with E-state index in [2.05, 4.69) is 5.32 Å². The van der Waals surface area contributed by atoms with Crippen molar-refractivity contribution in [3.05, 3.63) is 45.6 Å². The average Bonchev–Trinajstić information content (AvgIpc) is 2.81. The molecule has 0 aliphatic carbocycles. The van der Waals surface area contributed by atoms with Crippen molar-refractivity contribution < 1.29 is 13.2 Å². The molecule has 21 heavy (non-hydrogen) atoms. The second kappa shape index (κ2) is 7.15. The summed E-state index contributed by atoms with van der Waals surface area (Å²) in [5.41, 5.74) is 0.899. The first-order valence-corrected chi connectivity index (χ1v) is 9.62. The van der Waals surface area contributed by atoms with Crippen LogP contribution < -0.4 is 10.1 Å². The lowest BCUT2D eigenvalue weighted by molar-refractivity contribution is 0.341. The number of nitrogens with one attached hydrogen (secondary N) is 1. The molecule has 2 rings (SSSR count). The van der Waals surface area contributed by atoms with Gasteiger partial charge in [0.15, 0.2) is 9.84 Å². The fourth-order valence-corrected chi connectivity index (χ4v) is 3.07. The van der Waals surface area contributed by atoms with E-state index in [0.717, 1.165) is 15.6 Å². The second-order valence-corrected chi connectivity index (χ2v) is 8.22. The molecule has 0 atom stereocenters. The minimum absolute atomic E-state index is 0.00938. The van der Waals surface area contributed by atoms with E-state index in [9.17, 15) is 8.42 Å². The third-order valence-electron chi connectivity index (χ3n) is 2.70. The third-order valence-corrected chi connectivity index (χ3v) is 5.00. The molecule has 0 radical (unpaired) electrons. The number of ether oxygens (including phenoxy) is 1. The Labute approximate surface area is 133 Å². The number of anilines is 1. The Morgan fingerprint density at radius 1 is 1.33 bits per heavy atom. The Kier molecular flexibility index (Phi) is 5.50. The molecule has 7 heteroatoms. The Morgan fingerprint density at radius 3 is 2.81 bits per heavy atom. The molecule has 0 aliphatic heterocycles. The topological polar surface area (TPSA) is 55.4 Å². The van der Waals surface area contributed by atoms with Crippen molar-refractivity contribution in [2.75, 3.05) is 23.9 Å². The van der Waals surface area contributed by atoms with Crippen molar-refractivity contribution in [2.45, 2.75) is 6.54 Å². The van der Waals surface area contributed by atoms with Crippen LogP contribution in [-0.2, 0) is 16.4 Å². The first-order chi connectivity index (χ1) is 9.94. The van der Waals surface area contributed by atoms with Gasteiger partial charge in [0.2, 0.25) is 0 Å². The van der Waals surface area contributed by atoms with Gasteiger partial charge in [-0.1, -0.05) is 17.7 Å². The fourth-order valence-electron chi connectivity index (χ4n) is 1.64. The highest BCUT2D eigenvalue weighted by Gasteiger charge is 2.04. The lowest BCUT2D eigenvalue weighted by Gasteiger charge is -2.09. The van der Waals surface area contributed by atoms with Gasteiger partial charge in [0, 0.05) is 22.9 Å². The Balaban J connectivity index is 1.90. The minimum atomic E-state index is -3.00. The number of sulfone groups is 1. The molecule has 114 valence electrons. The van der Waals surface area contributed by atoms with Crippen molar-refractivity contribution in [1.29, 1.82) is 0 Å². The Morgan fingerprint density at radius 2 is 2.14 bits per heavy atom. The fraction of sp³-hybridized carbons (Fsp3) is 0.286. The summed E-state index contributed by atoms with van der Waals surface area (Å²) in [6, 6.07) is 9.28. The summed E-state index contributed by atoms with van der Waals surface area (Å²) in [5, 5.41) is 5.97. The van der Waals surface area contributed by atoms with E-state index >= 15 is 0 Å². The molecule has 1 aromatic carbocycles. The highest BCUT2D eigenvalue weighted by Crippen LogP contribution is 2.24. The van der Waals surface area contributed by atoms with Gasteiger partial charge in [0.1, 0.15) is 12.4 Å². The number of hydrogen-bond donors (Lipinski definition) is 1. The third kappa shape index (κ3) is 5.57. The maximum atomic E-state index is 11.1. The molecule has 0 fully saturated rings. The highest BCUT2D eigenvalue weighted by molar-refractivity contribution is 7.90. The largest absolute Gasteiger partial charge is 0.492 e. The van der Waals surface area contributed by atoms with Gasteiger partial charge in [-0.3, -0.25) is 0 Å². The van der Waals surface area contributed by atoms with E-state index in [-0.39, 0.29) is 12.4 Å². The Hall–Kier alpha value is -1.24. The molecule has 0 bridgehead atoms. The monoisotopic (exact) mass is 345 g/mol. The molecule has 0 saturated heterocycles. The number of halogens is 1. The van der Waals surface area contributed by atoms with Gasteiger partial charge in [-0.25, -0.2) is 8.42 Å². The highest BCUT2D eigenvalue weighted by atomic mass is 35.5. The van der Waals surface area contributed by atoms with Gasteiger partial charge in [-0.15, -0.1) is 11.3 Å². The summed E-state index contributed by atoms with van der Waals surface area (Å²) >= 11 is 7.63. The molecule has 1 heterocycles. The normalized spacial score (nSPS) is 11.3. The van der Waals surface area contributed by atoms with Gasteiger partial charge in [0.25, 0.3) is 0 Å². The van der Waals surface area contributed by atoms with Crippen LogP contribution in [0.1, 0.15) is 4.88 Å². The summed E-state index contributed by atoms with van der Waals surface area (Å²) in [6.45, 7) is 0.794. The second-order valence-electron chi connectivity index (χ2n) is 4.55.